The standard InChI is InChI=1S/C26H44FN5O/c1-21(2)19-30-13-11-24(22(20-30)9-10-26(33)28-12-14-29(3)4)31-15-17-32(18-16-31)25-8-6-5-7-23(25)27/h5-8,21-22,24H,9-20H2,1-4H3,(H,28,33)/t22-,24+/m0/s1. The molecule has 7 heteroatoms. The second kappa shape index (κ2) is 12.7. The largest absolute Gasteiger partial charge is 0.367 e. The van der Waals surface area contributed by atoms with E-state index in [1.807, 2.05) is 26.2 Å². The zero-order valence-corrected chi connectivity index (χ0v) is 21.1. The van der Waals surface area contributed by atoms with Crippen LogP contribution in [0.3, 0.4) is 0 Å². The van der Waals surface area contributed by atoms with Gasteiger partial charge in [-0.1, -0.05) is 26.0 Å². The first-order valence-electron chi connectivity index (χ1n) is 12.7. The van der Waals surface area contributed by atoms with Gasteiger partial charge in [-0.05, 0) is 57.5 Å². The summed E-state index contributed by atoms with van der Waals surface area (Å²) in [4.78, 5) is 21.9. The minimum absolute atomic E-state index is 0.133. The Labute approximate surface area is 200 Å². The van der Waals surface area contributed by atoms with E-state index in [0.717, 1.165) is 70.9 Å². The maximum atomic E-state index is 14.2. The van der Waals surface area contributed by atoms with Crippen molar-refractivity contribution < 1.29 is 9.18 Å². The Balaban J connectivity index is 1.56. The van der Waals surface area contributed by atoms with E-state index in [2.05, 4.69) is 38.8 Å². The Morgan fingerprint density at radius 1 is 1.15 bits per heavy atom. The molecule has 2 heterocycles. The normalized spacial score (nSPS) is 22.8. The summed E-state index contributed by atoms with van der Waals surface area (Å²) in [5, 5.41) is 3.07. The van der Waals surface area contributed by atoms with Crippen LogP contribution in [0, 0.1) is 17.7 Å². The number of carbonyl (C=O) groups excluding carboxylic acids is 1. The van der Waals surface area contributed by atoms with E-state index in [1.54, 1.807) is 12.1 Å². The van der Waals surface area contributed by atoms with E-state index < -0.39 is 0 Å². The van der Waals surface area contributed by atoms with Gasteiger partial charge in [0.2, 0.25) is 5.91 Å². The van der Waals surface area contributed by atoms with Crippen LogP contribution in [0.25, 0.3) is 0 Å². The number of rotatable bonds is 10. The first kappa shape index (κ1) is 25.9. The molecule has 1 amide bonds. The van der Waals surface area contributed by atoms with Gasteiger partial charge in [-0.3, -0.25) is 9.69 Å². The van der Waals surface area contributed by atoms with Crippen LogP contribution in [0.15, 0.2) is 24.3 Å². The van der Waals surface area contributed by atoms with Gasteiger partial charge in [0.05, 0.1) is 5.69 Å². The maximum absolute atomic E-state index is 14.2. The number of nitrogens with one attached hydrogen (secondary N) is 1. The van der Waals surface area contributed by atoms with E-state index in [1.165, 1.54) is 0 Å². The third-order valence-electron chi connectivity index (χ3n) is 7.00. The number of hydrogen-bond acceptors (Lipinski definition) is 5. The molecule has 0 aliphatic carbocycles. The second-order valence-corrected chi connectivity index (χ2v) is 10.4. The highest BCUT2D eigenvalue weighted by molar-refractivity contribution is 5.75. The minimum Gasteiger partial charge on any atom is -0.367 e. The van der Waals surface area contributed by atoms with Crippen molar-refractivity contribution >= 4 is 11.6 Å². The summed E-state index contributed by atoms with van der Waals surface area (Å²) in [5.41, 5.74) is 0.717. The summed E-state index contributed by atoms with van der Waals surface area (Å²) in [6.07, 6.45) is 2.68. The Hall–Kier alpha value is -1.70. The molecule has 33 heavy (non-hydrogen) atoms. The molecule has 2 atom stereocenters. The number of halogens is 1. The molecule has 0 saturated carbocycles. The van der Waals surface area contributed by atoms with E-state index in [-0.39, 0.29) is 11.7 Å². The van der Waals surface area contributed by atoms with Crippen LogP contribution in [0.5, 0.6) is 0 Å². The van der Waals surface area contributed by atoms with Crippen LogP contribution in [0.4, 0.5) is 10.1 Å². The van der Waals surface area contributed by atoms with Gasteiger partial charge >= 0.3 is 0 Å². The lowest BCUT2D eigenvalue weighted by molar-refractivity contribution is -0.121. The van der Waals surface area contributed by atoms with E-state index in [9.17, 15) is 9.18 Å². The molecular formula is C26H44FN5O. The SMILES string of the molecule is CC(C)CN1CC[C@@H](N2CCN(c3ccccc3F)CC2)[C@@H](CCC(=O)NCCN(C)C)C1. The molecule has 1 aromatic carbocycles. The molecule has 0 spiro atoms. The molecule has 2 aliphatic heterocycles. The van der Waals surface area contributed by atoms with Gasteiger partial charge in [0.15, 0.2) is 0 Å². The molecule has 0 bridgehead atoms. The molecule has 0 radical (unpaired) electrons. The quantitative estimate of drug-likeness (QED) is 0.580. The zero-order chi connectivity index (χ0) is 23.8. The number of para-hydroxylation sites is 1. The lowest BCUT2D eigenvalue weighted by Crippen LogP contribution is -2.57. The fraction of sp³-hybridized carbons (Fsp3) is 0.731. The Bertz CT molecular complexity index is 735. The number of hydrogen-bond donors (Lipinski definition) is 1. The van der Waals surface area contributed by atoms with Crippen LogP contribution >= 0.6 is 0 Å². The molecule has 6 nitrogen and oxygen atoms in total. The highest BCUT2D eigenvalue weighted by Crippen LogP contribution is 2.29. The first-order chi connectivity index (χ1) is 15.8. The fourth-order valence-corrected chi connectivity index (χ4v) is 5.37. The summed E-state index contributed by atoms with van der Waals surface area (Å²) in [7, 11) is 4.04. The monoisotopic (exact) mass is 461 g/mol. The number of piperidine rings is 1. The summed E-state index contributed by atoms with van der Waals surface area (Å²) in [6, 6.07) is 7.60. The molecule has 1 aromatic rings. The summed E-state index contributed by atoms with van der Waals surface area (Å²) in [5.74, 6) is 1.19. The minimum atomic E-state index is -0.133. The number of amides is 1. The van der Waals surface area contributed by atoms with Crippen molar-refractivity contribution in [2.24, 2.45) is 11.8 Å². The fourth-order valence-electron chi connectivity index (χ4n) is 5.37. The molecule has 1 N–H and O–H groups in total. The lowest BCUT2D eigenvalue weighted by Gasteiger charge is -2.47. The molecule has 2 saturated heterocycles. The van der Waals surface area contributed by atoms with Crippen molar-refractivity contribution in [2.75, 3.05) is 77.9 Å². The Morgan fingerprint density at radius 3 is 2.55 bits per heavy atom. The van der Waals surface area contributed by atoms with Crippen LogP contribution < -0.4 is 10.2 Å². The smallest absolute Gasteiger partial charge is 0.220 e. The first-order valence-corrected chi connectivity index (χ1v) is 12.7. The number of piperazine rings is 1. The van der Waals surface area contributed by atoms with Crippen LogP contribution in [-0.4, -0.2) is 99.6 Å². The van der Waals surface area contributed by atoms with Crippen molar-refractivity contribution in [1.82, 2.24) is 20.0 Å². The third kappa shape index (κ3) is 7.94. The van der Waals surface area contributed by atoms with Crippen LogP contribution in [-0.2, 0) is 4.79 Å². The average Bonchev–Trinajstić information content (AvgIpc) is 2.78. The van der Waals surface area contributed by atoms with E-state index in [4.69, 9.17) is 0 Å². The highest BCUT2D eigenvalue weighted by atomic mass is 19.1. The van der Waals surface area contributed by atoms with Gasteiger partial charge in [0, 0.05) is 64.8 Å². The maximum Gasteiger partial charge on any atom is 0.220 e. The van der Waals surface area contributed by atoms with Gasteiger partial charge in [0.25, 0.3) is 0 Å². The van der Waals surface area contributed by atoms with Crippen molar-refractivity contribution in [3.05, 3.63) is 30.1 Å². The number of carbonyl (C=O) groups is 1. The van der Waals surface area contributed by atoms with Crippen LogP contribution in [0.1, 0.15) is 33.1 Å². The predicted molar refractivity (Wildman–Crippen MR) is 134 cm³/mol. The Kier molecular flexibility index (Phi) is 9.95. The van der Waals surface area contributed by atoms with Crippen molar-refractivity contribution in [2.45, 2.75) is 39.2 Å². The lowest BCUT2D eigenvalue weighted by atomic mass is 9.86. The van der Waals surface area contributed by atoms with Gasteiger partial charge < -0.3 is 20.0 Å². The van der Waals surface area contributed by atoms with Gasteiger partial charge in [-0.2, -0.15) is 0 Å². The van der Waals surface area contributed by atoms with Crippen molar-refractivity contribution in [3.8, 4) is 0 Å². The molecule has 186 valence electrons. The number of anilines is 1. The van der Waals surface area contributed by atoms with Crippen molar-refractivity contribution in [3.63, 3.8) is 0 Å². The van der Waals surface area contributed by atoms with Gasteiger partial charge in [-0.25, -0.2) is 4.39 Å². The van der Waals surface area contributed by atoms with E-state index >= 15 is 0 Å². The molecule has 2 fully saturated rings. The zero-order valence-electron chi connectivity index (χ0n) is 21.1. The molecule has 2 aliphatic rings. The highest BCUT2D eigenvalue weighted by Gasteiger charge is 2.35. The number of benzene rings is 1. The summed E-state index contributed by atoms with van der Waals surface area (Å²) in [6.45, 7) is 13.1. The molecule has 3 rings (SSSR count). The average molecular weight is 462 g/mol. The summed E-state index contributed by atoms with van der Waals surface area (Å²) < 4.78 is 14.2. The molecule has 0 unspecified atom stereocenters. The molecule has 0 aromatic heterocycles. The topological polar surface area (TPSA) is 42.1 Å². The third-order valence-corrected chi connectivity index (χ3v) is 7.00. The summed E-state index contributed by atoms with van der Waals surface area (Å²) >= 11 is 0. The predicted octanol–water partition coefficient (Wildman–Crippen LogP) is 2.75. The van der Waals surface area contributed by atoms with Gasteiger partial charge in [0.1, 0.15) is 5.82 Å². The number of likely N-dealkylation sites (N-methyl/N-ethyl adjacent to an activating group) is 1. The van der Waals surface area contributed by atoms with Gasteiger partial charge in [-0.15, -0.1) is 0 Å². The second-order valence-electron chi connectivity index (χ2n) is 10.4. The number of likely N-dealkylation sites (tertiary alicyclic amines) is 1. The Morgan fingerprint density at radius 2 is 1.88 bits per heavy atom. The number of nitrogens with zero attached hydrogens (tertiary/aromatic N) is 4. The molecular weight excluding hydrogens is 417 g/mol. The van der Waals surface area contributed by atoms with Crippen molar-refractivity contribution in [1.29, 1.82) is 0 Å². The van der Waals surface area contributed by atoms with E-state index in [0.29, 0.717) is 30.8 Å². The van der Waals surface area contributed by atoms with Crippen LogP contribution in [0.2, 0.25) is 0 Å².